The first-order chi connectivity index (χ1) is 11.3. The van der Waals surface area contributed by atoms with Crippen LogP contribution >= 0.6 is 11.3 Å². The van der Waals surface area contributed by atoms with Crippen molar-refractivity contribution in [3.63, 3.8) is 0 Å². The van der Waals surface area contributed by atoms with E-state index in [1.807, 2.05) is 6.20 Å². The predicted molar refractivity (Wildman–Crippen MR) is 95.3 cm³/mol. The number of rotatable bonds is 5. The van der Waals surface area contributed by atoms with Gasteiger partial charge >= 0.3 is 0 Å². The molecule has 2 N–H and O–H groups in total. The van der Waals surface area contributed by atoms with E-state index < -0.39 is 0 Å². The molecule has 0 unspecified atom stereocenters. The summed E-state index contributed by atoms with van der Waals surface area (Å²) in [5.41, 5.74) is 0. The zero-order chi connectivity index (χ0) is 16.1. The minimum atomic E-state index is 0.00929. The Morgan fingerprint density at radius 3 is 2.87 bits per heavy atom. The molecule has 0 saturated heterocycles. The van der Waals surface area contributed by atoms with Gasteiger partial charge < -0.3 is 10.6 Å². The number of carbonyl (C=O) groups is 1. The third-order valence-corrected chi connectivity index (χ3v) is 6.11. The van der Waals surface area contributed by atoms with Gasteiger partial charge in [-0.05, 0) is 31.6 Å². The lowest BCUT2D eigenvalue weighted by molar-refractivity contribution is -0.120. The predicted octanol–water partition coefficient (Wildman–Crippen LogP) is 3.55. The maximum Gasteiger partial charge on any atom is 0.231 e. The molecule has 3 rings (SSSR count). The fourth-order valence-electron chi connectivity index (χ4n) is 3.76. The summed E-state index contributed by atoms with van der Waals surface area (Å²) in [6.45, 7) is 0. The zero-order valence-corrected chi connectivity index (χ0v) is 14.6. The molecule has 0 aromatic carbocycles. The summed E-state index contributed by atoms with van der Waals surface area (Å²) in [7, 11) is 1.74. The van der Waals surface area contributed by atoms with Crippen molar-refractivity contribution in [1.29, 1.82) is 0 Å². The molecular weight excluding hydrogens is 308 g/mol. The number of hydrogen-bond acceptors (Lipinski definition) is 4. The molecule has 1 heterocycles. The van der Waals surface area contributed by atoms with Crippen LogP contribution in [0.5, 0.6) is 0 Å². The molecule has 23 heavy (non-hydrogen) atoms. The number of amides is 1. The van der Waals surface area contributed by atoms with Crippen molar-refractivity contribution in [2.75, 3.05) is 12.4 Å². The first kappa shape index (κ1) is 16.4. The van der Waals surface area contributed by atoms with Gasteiger partial charge in [-0.1, -0.05) is 25.7 Å². The van der Waals surface area contributed by atoms with Crippen molar-refractivity contribution in [1.82, 2.24) is 10.3 Å². The Morgan fingerprint density at radius 2 is 2.09 bits per heavy atom. The summed E-state index contributed by atoms with van der Waals surface area (Å²) in [4.78, 5) is 22.3. The van der Waals surface area contributed by atoms with E-state index in [-0.39, 0.29) is 17.9 Å². The average molecular weight is 334 g/mol. The molecule has 2 fully saturated rings. The fraction of sp³-hybridized carbons (Fsp3) is 0.706. The van der Waals surface area contributed by atoms with Gasteiger partial charge in [0.15, 0.2) is 5.13 Å². The number of nitrogens with zero attached hydrogens (tertiary/aromatic N) is 2. The second-order valence-electron chi connectivity index (χ2n) is 6.59. The highest BCUT2D eigenvalue weighted by Gasteiger charge is 2.33. The Kier molecular flexibility index (Phi) is 5.65. The second kappa shape index (κ2) is 7.90. The van der Waals surface area contributed by atoms with Gasteiger partial charge in [0.25, 0.3) is 0 Å². The maximum absolute atomic E-state index is 12.5. The summed E-state index contributed by atoms with van der Waals surface area (Å²) in [6.07, 6.45) is 13.2. The Bertz CT molecular complexity index is 551. The Morgan fingerprint density at radius 1 is 1.26 bits per heavy atom. The minimum Gasteiger partial charge on any atom is -0.373 e. The minimum absolute atomic E-state index is 0.00929. The van der Waals surface area contributed by atoms with Gasteiger partial charge in [0, 0.05) is 24.2 Å². The fourth-order valence-corrected chi connectivity index (χ4v) is 4.75. The van der Waals surface area contributed by atoms with E-state index in [4.69, 9.17) is 0 Å². The van der Waals surface area contributed by atoms with Gasteiger partial charge in [-0.25, -0.2) is 4.98 Å². The molecule has 0 bridgehead atoms. The van der Waals surface area contributed by atoms with Crippen LogP contribution in [0, 0.1) is 5.92 Å². The normalized spacial score (nSPS) is 25.8. The van der Waals surface area contributed by atoms with Crippen LogP contribution < -0.4 is 10.6 Å². The largest absolute Gasteiger partial charge is 0.373 e. The highest BCUT2D eigenvalue weighted by atomic mass is 32.1. The lowest BCUT2D eigenvalue weighted by Gasteiger charge is -2.19. The second-order valence-corrected chi connectivity index (χ2v) is 7.65. The summed E-state index contributed by atoms with van der Waals surface area (Å²) in [5.74, 6) is 0.748. The highest BCUT2D eigenvalue weighted by molar-refractivity contribution is 7.15. The number of aromatic nitrogens is 1. The first-order valence-electron chi connectivity index (χ1n) is 8.71. The van der Waals surface area contributed by atoms with E-state index in [2.05, 4.69) is 20.6 Å². The zero-order valence-electron chi connectivity index (χ0n) is 13.8. The van der Waals surface area contributed by atoms with Crippen molar-refractivity contribution < 1.29 is 4.79 Å². The topological polar surface area (TPSA) is 66.4 Å². The molecule has 6 heteroatoms. The third-order valence-electron chi connectivity index (χ3n) is 5.03. The van der Waals surface area contributed by atoms with E-state index in [1.54, 1.807) is 24.7 Å². The molecule has 2 saturated carbocycles. The maximum atomic E-state index is 12.5. The first-order valence-corrected chi connectivity index (χ1v) is 9.53. The number of hydrogen-bond donors (Lipinski definition) is 2. The average Bonchev–Trinajstić information content (AvgIpc) is 3.23. The van der Waals surface area contributed by atoms with Crippen LogP contribution in [0.1, 0.15) is 62.2 Å². The van der Waals surface area contributed by atoms with Crippen LogP contribution in [-0.4, -0.2) is 30.3 Å². The molecule has 1 amide bonds. The number of aliphatic imine (C=N–C) groups is 1. The molecular formula is C17H26N4OS. The lowest BCUT2D eigenvalue weighted by atomic mass is 9.89. The third kappa shape index (κ3) is 4.10. The standard InChI is InChI=1S/C17H26N4OS/c1-18-11-20-14-9-5-8-13(14)16(22)21-17-19-10-15(23-17)12-6-3-2-4-7-12/h10-14H,2-9H2,1H3,(H,18,20)(H,19,21,22)/t13-,14-/m1/s1. The van der Waals surface area contributed by atoms with E-state index in [9.17, 15) is 4.79 Å². The van der Waals surface area contributed by atoms with E-state index in [0.29, 0.717) is 5.92 Å². The van der Waals surface area contributed by atoms with E-state index >= 15 is 0 Å². The quantitative estimate of drug-likeness (QED) is 0.639. The molecule has 2 atom stereocenters. The van der Waals surface area contributed by atoms with Crippen LogP contribution in [0.4, 0.5) is 5.13 Å². The molecule has 0 radical (unpaired) electrons. The van der Waals surface area contributed by atoms with Gasteiger partial charge in [0.1, 0.15) is 0 Å². The highest BCUT2D eigenvalue weighted by Crippen LogP contribution is 2.37. The van der Waals surface area contributed by atoms with Crippen LogP contribution in [0.15, 0.2) is 11.2 Å². The molecule has 2 aliphatic carbocycles. The van der Waals surface area contributed by atoms with Gasteiger partial charge in [0.2, 0.25) is 5.91 Å². The van der Waals surface area contributed by atoms with Gasteiger partial charge in [0.05, 0.1) is 12.3 Å². The SMILES string of the molecule is CN=CN[C@@H]1CCC[C@H]1C(=O)Nc1ncc(C2CCCCC2)s1. The molecule has 0 aliphatic heterocycles. The van der Waals surface area contributed by atoms with Gasteiger partial charge in [-0.3, -0.25) is 9.79 Å². The van der Waals surface area contributed by atoms with Crippen molar-refractivity contribution in [2.24, 2.45) is 10.9 Å². The van der Waals surface area contributed by atoms with Gasteiger partial charge in [-0.15, -0.1) is 11.3 Å². The van der Waals surface area contributed by atoms with Crippen molar-refractivity contribution >= 4 is 28.7 Å². The molecule has 5 nitrogen and oxygen atoms in total. The molecule has 1 aromatic heterocycles. The van der Waals surface area contributed by atoms with E-state index in [1.165, 1.54) is 37.0 Å². The van der Waals surface area contributed by atoms with Crippen LogP contribution in [0.25, 0.3) is 0 Å². The summed E-state index contributed by atoms with van der Waals surface area (Å²) in [6, 6.07) is 0.191. The van der Waals surface area contributed by atoms with Crippen molar-refractivity contribution in [3.05, 3.63) is 11.1 Å². The number of carbonyl (C=O) groups excluding carboxylic acids is 1. The summed E-state index contributed by atoms with van der Waals surface area (Å²) >= 11 is 1.66. The summed E-state index contributed by atoms with van der Waals surface area (Å²) in [5, 5.41) is 7.02. The molecule has 2 aliphatic rings. The van der Waals surface area contributed by atoms with Gasteiger partial charge in [-0.2, -0.15) is 0 Å². The van der Waals surface area contributed by atoms with E-state index in [0.717, 1.165) is 24.4 Å². The molecule has 126 valence electrons. The van der Waals surface area contributed by atoms with Crippen molar-refractivity contribution in [2.45, 2.75) is 63.3 Å². The monoisotopic (exact) mass is 334 g/mol. The van der Waals surface area contributed by atoms with Crippen LogP contribution in [0.2, 0.25) is 0 Å². The number of thiazole rings is 1. The van der Waals surface area contributed by atoms with Crippen LogP contribution in [0.3, 0.4) is 0 Å². The van der Waals surface area contributed by atoms with Crippen molar-refractivity contribution in [3.8, 4) is 0 Å². The Hall–Kier alpha value is -1.43. The Labute approximate surface area is 142 Å². The Balaban J connectivity index is 1.58. The number of nitrogens with one attached hydrogen (secondary N) is 2. The molecule has 0 spiro atoms. The smallest absolute Gasteiger partial charge is 0.231 e. The number of anilines is 1. The van der Waals surface area contributed by atoms with Crippen LogP contribution in [-0.2, 0) is 4.79 Å². The summed E-state index contributed by atoms with van der Waals surface area (Å²) < 4.78 is 0. The lowest BCUT2D eigenvalue weighted by Crippen LogP contribution is -2.38. The molecule has 1 aromatic rings.